The van der Waals surface area contributed by atoms with Crippen LogP contribution in [0.2, 0.25) is 0 Å². The van der Waals surface area contributed by atoms with E-state index in [1.165, 1.54) is 12.8 Å². The summed E-state index contributed by atoms with van der Waals surface area (Å²) in [5.74, 6) is 0.696. The van der Waals surface area contributed by atoms with Gasteiger partial charge in [0.05, 0.1) is 6.10 Å². The average Bonchev–Trinajstić information content (AvgIpc) is 3.42. The number of aliphatic hydroxyl groups excluding tert-OH is 1. The Morgan fingerprint density at radius 1 is 1.14 bits per heavy atom. The topological polar surface area (TPSA) is 74.7 Å². The van der Waals surface area contributed by atoms with Gasteiger partial charge in [0.1, 0.15) is 11.9 Å². The van der Waals surface area contributed by atoms with Crippen molar-refractivity contribution in [3.8, 4) is 16.9 Å². The number of carbonyl (C=O) groups excluding carboxylic acids is 1. The first-order valence-electron chi connectivity index (χ1n) is 12.9. The average molecular weight is 488 g/mol. The minimum Gasteiger partial charge on any atom is -0.488 e. The summed E-state index contributed by atoms with van der Waals surface area (Å²) in [7, 11) is 0. The number of likely N-dealkylation sites (tertiary alicyclic amines) is 1. The Balaban J connectivity index is 1.29. The molecule has 36 heavy (non-hydrogen) atoms. The van der Waals surface area contributed by atoms with Gasteiger partial charge in [-0.3, -0.25) is 9.78 Å². The number of pyridine rings is 1. The highest BCUT2D eigenvalue weighted by Gasteiger charge is 2.17. The lowest BCUT2D eigenvalue weighted by atomic mass is 9.98. The van der Waals surface area contributed by atoms with Gasteiger partial charge in [-0.2, -0.15) is 0 Å². The molecular formula is C30H37N3O3. The fourth-order valence-electron chi connectivity index (χ4n) is 4.67. The third-order valence-corrected chi connectivity index (χ3v) is 6.88. The predicted octanol–water partition coefficient (Wildman–Crippen LogP) is 4.64. The first-order chi connectivity index (χ1) is 17.5. The summed E-state index contributed by atoms with van der Waals surface area (Å²) >= 11 is 0. The molecule has 2 N–H and O–H groups in total. The number of hydrogen-bond acceptors (Lipinski definition) is 5. The molecule has 0 saturated carbocycles. The highest BCUT2D eigenvalue weighted by Crippen LogP contribution is 2.27. The highest BCUT2D eigenvalue weighted by atomic mass is 16.5. The molecule has 190 valence electrons. The number of benzene rings is 2. The van der Waals surface area contributed by atoms with Crippen molar-refractivity contribution in [1.82, 2.24) is 15.2 Å². The standard InChI is InChI=1S/C30H37N3O3/c1-22-20-26(30(35)32-16-19-33-17-3-4-18-33)10-13-28(22)25-8-11-27(12-9-25)36-23(2)29(34)14-7-24-6-5-15-31-21-24/h5-6,8-13,15,20-21,23,29,34H,3-4,7,14,16-19H2,1-2H3,(H,32,35). The van der Waals surface area contributed by atoms with Gasteiger partial charge in [0.15, 0.2) is 0 Å². The Morgan fingerprint density at radius 3 is 2.61 bits per heavy atom. The molecule has 2 aromatic carbocycles. The summed E-state index contributed by atoms with van der Waals surface area (Å²) in [6.07, 6.45) is 6.58. The van der Waals surface area contributed by atoms with Crippen LogP contribution in [0.15, 0.2) is 67.0 Å². The van der Waals surface area contributed by atoms with Crippen LogP contribution < -0.4 is 10.1 Å². The molecule has 0 spiro atoms. The molecule has 2 heterocycles. The normalized spacial score (nSPS) is 15.4. The van der Waals surface area contributed by atoms with E-state index in [1.54, 1.807) is 6.20 Å². The Kier molecular flexibility index (Phi) is 9.09. The molecule has 2 atom stereocenters. The molecule has 2 unspecified atom stereocenters. The zero-order valence-electron chi connectivity index (χ0n) is 21.3. The monoisotopic (exact) mass is 487 g/mol. The number of aryl methyl sites for hydroxylation is 2. The van der Waals surface area contributed by atoms with Crippen molar-refractivity contribution in [1.29, 1.82) is 0 Å². The Hall–Kier alpha value is -3.22. The van der Waals surface area contributed by atoms with Crippen LogP contribution in [0.3, 0.4) is 0 Å². The van der Waals surface area contributed by atoms with Crippen LogP contribution in [0, 0.1) is 6.92 Å². The van der Waals surface area contributed by atoms with Gasteiger partial charge in [-0.25, -0.2) is 0 Å². The summed E-state index contributed by atoms with van der Waals surface area (Å²) in [5, 5.41) is 13.6. The first kappa shape index (κ1) is 25.9. The van der Waals surface area contributed by atoms with E-state index in [4.69, 9.17) is 4.74 Å². The quantitative estimate of drug-likeness (QED) is 0.412. The molecule has 0 bridgehead atoms. The summed E-state index contributed by atoms with van der Waals surface area (Å²) in [6, 6.07) is 17.7. The first-order valence-corrected chi connectivity index (χ1v) is 12.9. The van der Waals surface area contributed by atoms with Gasteiger partial charge in [-0.05, 0) is 105 Å². The van der Waals surface area contributed by atoms with Crippen molar-refractivity contribution in [2.45, 2.75) is 51.7 Å². The predicted molar refractivity (Wildman–Crippen MR) is 143 cm³/mol. The molecule has 6 heteroatoms. The largest absolute Gasteiger partial charge is 0.488 e. The van der Waals surface area contributed by atoms with E-state index in [1.807, 2.05) is 74.6 Å². The maximum Gasteiger partial charge on any atom is 0.251 e. The number of hydrogen-bond donors (Lipinski definition) is 2. The van der Waals surface area contributed by atoms with Crippen molar-refractivity contribution in [3.63, 3.8) is 0 Å². The van der Waals surface area contributed by atoms with Gasteiger partial charge in [0.2, 0.25) is 0 Å². The Labute approximate surface area is 214 Å². The van der Waals surface area contributed by atoms with E-state index in [-0.39, 0.29) is 12.0 Å². The van der Waals surface area contributed by atoms with E-state index in [9.17, 15) is 9.90 Å². The molecule has 1 aromatic heterocycles. The van der Waals surface area contributed by atoms with Crippen molar-refractivity contribution in [3.05, 3.63) is 83.7 Å². The third-order valence-electron chi connectivity index (χ3n) is 6.88. The number of rotatable bonds is 11. The molecule has 0 aliphatic carbocycles. The minimum absolute atomic E-state index is 0.0244. The zero-order valence-corrected chi connectivity index (χ0v) is 21.3. The van der Waals surface area contributed by atoms with E-state index in [0.29, 0.717) is 18.5 Å². The van der Waals surface area contributed by atoms with Crippen LogP contribution in [0.25, 0.3) is 11.1 Å². The van der Waals surface area contributed by atoms with Crippen LogP contribution in [0.1, 0.15) is 47.7 Å². The third kappa shape index (κ3) is 7.15. The SMILES string of the molecule is Cc1cc(C(=O)NCCN2CCCC2)ccc1-c1ccc(OC(C)C(O)CCc2cccnc2)cc1. The number of nitrogens with one attached hydrogen (secondary N) is 1. The maximum absolute atomic E-state index is 12.6. The van der Waals surface area contributed by atoms with Crippen LogP contribution >= 0.6 is 0 Å². The van der Waals surface area contributed by atoms with Crippen LogP contribution in [-0.4, -0.2) is 59.3 Å². The second kappa shape index (κ2) is 12.7. The van der Waals surface area contributed by atoms with E-state index in [2.05, 4.69) is 15.2 Å². The zero-order chi connectivity index (χ0) is 25.3. The molecule has 0 radical (unpaired) electrons. The minimum atomic E-state index is -0.568. The maximum atomic E-state index is 12.6. The van der Waals surface area contributed by atoms with Gasteiger partial charge < -0.3 is 20.1 Å². The molecule has 1 fully saturated rings. The van der Waals surface area contributed by atoms with Crippen LogP contribution in [0.4, 0.5) is 0 Å². The van der Waals surface area contributed by atoms with Gasteiger partial charge in [-0.15, -0.1) is 0 Å². The second-order valence-electron chi connectivity index (χ2n) is 9.65. The van der Waals surface area contributed by atoms with E-state index in [0.717, 1.165) is 54.1 Å². The number of carbonyl (C=O) groups is 1. The molecule has 1 saturated heterocycles. The Morgan fingerprint density at radius 2 is 1.92 bits per heavy atom. The van der Waals surface area contributed by atoms with Gasteiger partial charge in [0.25, 0.3) is 5.91 Å². The Bertz CT molecular complexity index is 1110. The van der Waals surface area contributed by atoms with Gasteiger partial charge >= 0.3 is 0 Å². The molecule has 1 aliphatic rings. The lowest BCUT2D eigenvalue weighted by molar-refractivity contribution is 0.0420. The number of nitrogens with zero attached hydrogens (tertiary/aromatic N) is 2. The fourth-order valence-corrected chi connectivity index (χ4v) is 4.67. The van der Waals surface area contributed by atoms with Crippen LogP contribution in [0.5, 0.6) is 5.75 Å². The number of aliphatic hydroxyl groups is 1. The summed E-state index contributed by atoms with van der Waals surface area (Å²) < 4.78 is 5.99. The van der Waals surface area contributed by atoms with E-state index >= 15 is 0 Å². The lowest BCUT2D eigenvalue weighted by Gasteiger charge is -2.21. The van der Waals surface area contributed by atoms with Gasteiger partial charge in [-0.1, -0.05) is 24.3 Å². The number of aromatic nitrogens is 1. The number of ether oxygens (including phenoxy) is 1. The summed E-state index contributed by atoms with van der Waals surface area (Å²) in [4.78, 5) is 19.1. The highest BCUT2D eigenvalue weighted by molar-refractivity contribution is 5.95. The smallest absolute Gasteiger partial charge is 0.251 e. The van der Waals surface area contributed by atoms with Crippen molar-refractivity contribution < 1.29 is 14.6 Å². The molecule has 3 aromatic rings. The number of amides is 1. The molecule has 1 aliphatic heterocycles. The summed E-state index contributed by atoms with van der Waals surface area (Å²) in [5.41, 5.74) is 4.99. The molecular weight excluding hydrogens is 450 g/mol. The van der Waals surface area contributed by atoms with Crippen molar-refractivity contribution in [2.24, 2.45) is 0 Å². The van der Waals surface area contributed by atoms with Crippen LogP contribution in [-0.2, 0) is 6.42 Å². The van der Waals surface area contributed by atoms with Gasteiger partial charge in [0, 0.05) is 31.0 Å². The van der Waals surface area contributed by atoms with Crippen molar-refractivity contribution >= 4 is 5.91 Å². The second-order valence-corrected chi connectivity index (χ2v) is 9.65. The van der Waals surface area contributed by atoms with E-state index < -0.39 is 6.10 Å². The lowest BCUT2D eigenvalue weighted by Crippen LogP contribution is -2.33. The van der Waals surface area contributed by atoms with Crippen molar-refractivity contribution in [2.75, 3.05) is 26.2 Å². The molecule has 4 rings (SSSR count). The molecule has 6 nitrogen and oxygen atoms in total. The molecule has 1 amide bonds. The fraction of sp³-hybridized carbons (Fsp3) is 0.400. The summed E-state index contributed by atoms with van der Waals surface area (Å²) in [6.45, 7) is 7.79.